The number of aryl methyl sites for hydroxylation is 1. The van der Waals surface area contributed by atoms with Gasteiger partial charge in [0.2, 0.25) is 0 Å². The van der Waals surface area contributed by atoms with E-state index in [2.05, 4.69) is 6.92 Å². The van der Waals surface area contributed by atoms with Gasteiger partial charge in [0.1, 0.15) is 5.75 Å². The molecular formula is C20H23Cl2LiO2P. The van der Waals surface area contributed by atoms with Gasteiger partial charge in [0.05, 0.1) is 22.2 Å². The second-order valence-corrected chi connectivity index (χ2v) is 7.99. The topological polar surface area (TPSA) is 26.3 Å². The van der Waals surface area contributed by atoms with E-state index in [0.717, 1.165) is 29.6 Å². The van der Waals surface area contributed by atoms with Crippen molar-refractivity contribution in [1.29, 1.82) is 0 Å². The Hall–Kier alpha value is -0.483. The van der Waals surface area contributed by atoms with E-state index < -0.39 is 0 Å². The number of hydrogen-bond acceptors (Lipinski definition) is 2. The molecule has 0 saturated carbocycles. The van der Waals surface area contributed by atoms with E-state index in [0.29, 0.717) is 15.6 Å². The number of carbonyl (C=O) groups excluding carboxylic acids is 1. The molecule has 0 fully saturated rings. The minimum absolute atomic E-state index is 0. The van der Waals surface area contributed by atoms with Crippen LogP contribution in [0.15, 0.2) is 36.4 Å². The minimum Gasteiger partial charge on any atom is -0.494 e. The van der Waals surface area contributed by atoms with E-state index >= 15 is 0 Å². The van der Waals surface area contributed by atoms with Crippen LogP contribution in [0.25, 0.3) is 0 Å². The van der Waals surface area contributed by atoms with E-state index in [-0.39, 0.29) is 33.0 Å². The summed E-state index contributed by atoms with van der Waals surface area (Å²) in [6, 6.07) is 11.0. The maximum absolute atomic E-state index is 12.6. The Morgan fingerprint density at radius 3 is 2.38 bits per heavy atom. The fourth-order valence-corrected chi connectivity index (χ4v) is 4.29. The maximum atomic E-state index is 12.6. The molecule has 0 heterocycles. The van der Waals surface area contributed by atoms with E-state index in [1.165, 1.54) is 19.3 Å². The second kappa shape index (κ2) is 12.1. The zero-order chi connectivity index (χ0) is 18.2. The van der Waals surface area contributed by atoms with Gasteiger partial charge in [0.25, 0.3) is 0 Å². The van der Waals surface area contributed by atoms with Gasteiger partial charge in [-0.25, -0.2) is 0 Å². The molecule has 0 spiro atoms. The van der Waals surface area contributed by atoms with E-state index in [4.69, 9.17) is 27.9 Å². The monoisotopic (exact) mass is 403 g/mol. The van der Waals surface area contributed by atoms with Crippen LogP contribution in [-0.2, 0) is 0 Å². The largest absolute Gasteiger partial charge is 0.494 e. The minimum atomic E-state index is -0.0491. The molecule has 6 heteroatoms. The van der Waals surface area contributed by atoms with Crippen LogP contribution in [0, 0.1) is 6.92 Å². The second-order valence-electron chi connectivity index (χ2n) is 5.94. The standard InChI is InChI=1S/C20H23Cl2O2P.Li/c1-3-4-5-6-12-24-15-10-11-18(14(2)13-15)25-20(23)19-16(21)8-7-9-17(19)22;/h7-11,13,25H,3-6,12H2,1-2H3;. The van der Waals surface area contributed by atoms with Crippen LogP contribution in [0.2, 0.25) is 10.0 Å². The molecule has 26 heavy (non-hydrogen) atoms. The molecule has 2 aromatic rings. The van der Waals surface area contributed by atoms with Crippen molar-refractivity contribution in [3.05, 3.63) is 57.6 Å². The number of rotatable bonds is 9. The maximum Gasteiger partial charge on any atom is 0.188 e. The third-order valence-corrected chi connectivity index (χ3v) is 5.84. The molecule has 0 N–H and O–H groups in total. The molecular weight excluding hydrogens is 381 g/mol. The summed E-state index contributed by atoms with van der Waals surface area (Å²) in [5.74, 6) is 0.853. The van der Waals surface area contributed by atoms with Gasteiger partial charge in [0, 0.05) is 18.9 Å². The summed E-state index contributed by atoms with van der Waals surface area (Å²) in [4.78, 5) is 12.6. The fourth-order valence-electron chi connectivity index (χ4n) is 2.48. The molecule has 2 rings (SSSR count). The number of benzene rings is 2. The van der Waals surface area contributed by atoms with Crippen LogP contribution in [-0.4, -0.2) is 31.0 Å². The van der Waals surface area contributed by atoms with Gasteiger partial charge in [-0.3, -0.25) is 4.79 Å². The molecule has 0 aliphatic heterocycles. The van der Waals surface area contributed by atoms with Crippen molar-refractivity contribution >= 4 is 61.5 Å². The number of halogens is 2. The molecule has 1 atom stereocenters. The average molecular weight is 404 g/mol. The third-order valence-electron chi connectivity index (χ3n) is 3.90. The summed E-state index contributed by atoms with van der Waals surface area (Å²) < 4.78 is 5.79. The van der Waals surface area contributed by atoms with Crippen molar-refractivity contribution in [3.8, 4) is 5.75 Å². The van der Waals surface area contributed by atoms with Gasteiger partial charge in [-0.05, 0) is 57.1 Å². The molecule has 0 aromatic heterocycles. The summed E-state index contributed by atoms with van der Waals surface area (Å²) in [5, 5.41) is 1.78. The average Bonchev–Trinajstić information content (AvgIpc) is 2.57. The molecule has 1 unspecified atom stereocenters. The quantitative estimate of drug-likeness (QED) is 0.290. The van der Waals surface area contributed by atoms with Gasteiger partial charge < -0.3 is 4.74 Å². The molecule has 0 amide bonds. The molecule has 2 aromatic carbocycles. The normalized spacial score (nSPS) is 10.8. The first kappa shape index (κ1) is 23.6. The molecule has 0 bridgehead atoms. The predicted molar refractivity (Wildman–Crippen MR) is 115 cm³/mol. The molecule has 0 aliphatic carbocycles. The van der Waals surface area contributed by atoms with Crippen molar-refractivity contribution in [1.82, 2.24) is 0 Å². The first-order valence-corrected chi connectivity index (χ1v) is 10.3. The van der Waals surface area contributed by atoms with Crippen LogP contribution >= 0.6 is 31.8 Å². The summed E-state index contributed by atoms with van der Waals surface area (Å²) in [7, 11) is -0.0174. The number of hydrogen-bond donors (Lipinski definition) is 0. The summed E-state index contributed by atoms with van der Waals surface area (Å²) >= 11 is 12.3. The van der Waals surface area contributed by atoms with E-state index in [1.54, 1.807) is 18.2 Å². The van der Waals surface area contributed by atoms with E-state index in [1.807, 2.05) is 25.1 Å². The number of unbranched alkanes of at least 4 members (excludes halogenated alkanes) is 3. The van der Waals surface area contributed by atoms with Gasteiger partial charge >= 0.3 is 0 Å². The smallest absolute Gasteiger partial charge is 0.188 e. The molecule has 135 valence electrons. The van der Waals surface area contributed by atoms with E-state index in [9.17, 15) is 4.79 Å². The van der Waals surface area contributed by atoms with Crippen molar-refractivity contribution in [3.63, 3.8) is 0 Å². The number of ether oxygens (including phenoxy) is 1. The fraction of sp³-hybridized carbons (Fsp3) is 0.350. The van der Waals surface area contributed by atoms with Crippen LogP contribution in [0.3, 0.4) is 0 Å². The van der Waals surface area contributed by atoms with Crippen molar-refractivity contribution < 1.29 is 9.53 Å². The molecule has 1 radical (unpaired) electrons. The Morgan fingerprint density at radius 2 is 1.77 bits per heavy atom. The number of carbonyl (C=O) groups is 1. The zero-order valence-electron chi connectivity index (χ0n) is 15.6. The van der Waals surface area contributed by atoms with Crippen LogP contribution in [0.1, 0.15) is 48.5 Å². The SMILES string of the molecule is CCCCCCOc1ccc(PC(=O)c2c(Cl)cccc2Cl)c(C)c1.[Li]. The Kier molecular flexibility index (Phi) is 10.9. The Labute approximate surface area is 180 Å². The van der Waals surface area contributed by atoms with Gasteiger partial charge in [-0.2, -0.15) is 0 Å². The van der Waals surface area contributed by atoms with Crippen LogP contribution < -0.4 is 10.0 Å². The van der Waals surface area contributed by atoms with Crippen LogP contribution in [0.5, 0.6) is 5.75 Å². The van der Waals surface area contributed by atoms with Gasteiger partial charge in [0.15, 0.2) is 5.52 Å². The third kappa shape index (κ3) is 6.92. The van der Waals surface area contributed by atoms with Crippen molar-refractivity contribution in [2.75, 3.05) is 6.61 Å². The summed E-state index contributed by atoms with van der Waals surface area (Å²) in [5.41, 5.74) is 1.40. The Morgan fingerprint density at radius 1 is 1.08 bits per heavy atom. The Bertz CT molecular complexity index is 717. The molecule has 2 nitrogen and oxygen atoms in total. The first-order valence-electron chi connectivity index (χ1n) is 8.51. The zero-order valence-corrected chi connectivity index (χ0v) is 18.1. The molecule has 0 aliphatic rings. The first-order chi connectivity index (χ1) is 12.0. The van der Waals surface area contributed by atoms with Gasteiger partial charge in [-0.1, -0.05) is 61.5 Å². The van der Waals surface area contributed by atoms with Crippen LogP contribution in [0.4, 0.5) is 0 Å². The Balaban J connectivity index is 0.00000338. The predicted octanol–water partition coefficient (Wildman–Crippen LogP) is 6.02. The van der Waals surface area contributed by atoms with Gasteiger partial charge in [-0.15, -0.1) is 0 Å². The summed E-state index contributed by atoms with van der Waals surface area (Å²) in [6.45, 7) is 4.92. The van der Waals surface area contributed by atoms with Crippen molar-refractivity contribution in [2.45, 2.75) is 39.5 Å². The van der Waals surface area contributed by atoms with Crippen molar-refractivity contribution in [2.24, 2.45) is 0 Å². The summed E-state index contributed by atoms with van der Waals surface area (Å²) in [6.07, 6.45) is 4.73. The molecule has 0 saturated heterocycles.